The van der Waals surface area contributed by atoms with Crippen LogP contribution in [0.4, 0.5) is 21.0 Å². The fourth-order valence-electron chi connectivity index (χ4n) is 2.11. The molecule has 0 radical (unpaired) electrons. The Bertz CT molecular complexity index is 918. The van der Waals surface area contributed by atoms with Crippen molar-refractivity contribution in [1.82, 2.24) is 5.32 Å². The molecule has 3 N–H and O–H groups in total. The van der Waals surface area contributed by atoms with E-state index in [2.05, 4.69) is 30.4 Å². The van der Waals surface area contributed by atoms with Crippen LogP contribution in [0.2, 0.25) is 0 Å². The number of aliphatic imine (C=N–C) groups is 1. The molecular formula is C19H20N4O5S. The van der Waals surface area contributed by atoms with E-state index in [1.54, 1.807) is 12.1 Å². The van der Waals surface area contributed by atoms with Crippen molar-refractivity contribution in [3.05, 3.63) is 48.5 Å². The van der Waals surface area contributed by atoms with Gasteiger partial charge in [0, 0.05) is 16.7 Å². The van der Waals surface area contributed by atoms with Crippen LogP contribution in [0.3, 0.4) is 0 Å². The molecule has 0 atom stereocenters. The molecule has 3 amide bonds. The van der Waals surface area contributed by atoms with Gasteiger partial charge < -0.3 is 20.1 Å². The van der Waals surface area contributed by atoms with Crippen LogP contribution in [0.5, 0.6) is 0 Å². The SMILES string of the molecule is COC(=O)/N=C(/NC(=O)OC)Nc1cc(Sc2ccccc2)ccc1NC(C)=O. The summed E-state index contributed by atoms with van der Waals surface area (Å²) in [5.41, 5.74) is 0.833. The number of nitrogens with zero attached hydrogens (tertiary/aromatic N) is 1. The van der Waals surface area contributed by atoms with Gasteiger partial charge in [0.25, 0.3) is 0 Å². The Morgan fingerprint density at radius 1 is 0.897 bits per heavy atom. The first-order valence-electron chi connectivity index (χ1n) is 8.34. The Hall–Kier alpha value is -3.53. The molecule has 2 aromatic rings. The molecule has 152 valence electrons. The highest BCUT2D eigenvalue weighted by molar-refractivity contribution is 7.99. The summed E-state index contributed by atoms with van der Waals surface area (Å²) in [5, 5.41) is 7.78. The van der Waals surface area contributed by atoms with E-state index in [4.69, 9.17) is 0 Å². The van der Waals surface area contributed by atoms with E-state index in [9.17, 15) is 14.4 Å². The van der Waals surface area contributed by atoms with Gasteiger partial charge in [0.05, 0.1) is 25.6 Å². The summed E-state index contributed by atoms with van der Waals surface area (Å²) < 4.78 is 9.03. The first-order valence-corrected chi connectivity index (χ1v) is 9.16. The van der Waals surface area contributed by atoms with Crippen molar-refractivity contribution < 1.29 is 23.9 Å². The molecule has 0 spiro atoms. The molecule has 0 aliphatic carbocycles. The lowest BCUT2D eigenvalue weighted by atomic mass is 10.2. The third-order valence-corrected chi connectivity index (χ3v) is 4.31. The molecular weight excluding hydrogens is 396 g/mol. The fraction of sp³-hybridized carbons (Fsp3) is 0.158. The number of guanidine groups is 1. The Labute approximate surface area is 171 Å². The maximum atomic E-state index is 11.6. The molecule has 0 saturated carbocycles. The summed E-state index contributed by atoms with van der Waals surface area (Å²) in [6.07, 6.45) is -1.77. The van der Waals surface area contributed by atoms with E-state index >= 15 is 0 Å². The quantitative estimate of drug-likeness (QED) is 0.514. The number of alkyl carbamates (subject to hydrolysis) is 1. The van der Waals surface area contributed by atoms with Crippen molar-refractivity contribution in [2.45, 2.75) is 16.7 Å². The number of anilines is 2. The highest BCUT2D eigenvalue weighted by atomic mass is 32.2. The van der Waals surface area contributed by atoms with Gasteiger partial charge in [-0.3, -0.25) is 10.1 Å². The topological polar surface area (TPSA) is 118 Å². The van der Waals surface area contributed by atoms with Gasteiger partial charge in [-0.1, -0.05) is 30.0 Å². The minimum atomic E-state index is -0.931. The average Bonchev–Trinajstić information content (AvgIpc) is 2.70. The second-order valence-electron chi connectivity index (χ2n) is 5.48. The predicted molar refractivity (Wildman–Crippen MR) is 110 cm³/mol. The van der Waals surface area contributed by atoms with Crippen molar-refractivity contribution in [1.29, 1.82) is 0 Å². The predicted octanol–water partition coefficient (Wildman–Crippen LogP) is 3.69. The number of methoxy groups -OCH3 is 2. The van der Waals surface area contributed by atoms with Crippen molar-refractivity contribution >= 4 is 47.2 Å². The molecule has 0 unspecified atom stereocenters. The van der Waals surface area contributed by atoms with Gasteiger partial charge >= 0.3 is 12.2 Å². The van der Waals surface area contributed by atoms with Crippen LogP contribution in [0.15, 0.2) is 63.3 Å². The van der Waals surface area contributed by atoms with Crippen LogP contribution in [0, 0.1) is 0 Å². The second kappa shape index (κ2) is 10.7. The molecule has 2 rings (SSSR count). The first kappa shape index (κ1) is 21.8. The van der Waals surface area contributed by atoms with Crippen LogP contribution in [-0.4, -0.2) is 38.3 Å². The lowest BCUT2D eigenvalue weighted by Gasteiger charge is -2.15. The molecule has 0 aliphatic rings. The Balaban J connectivity index is 2.37. The van der Waals surface area contributed by atoms with E-state index in [-0.39, 0.29) is 11.9 Å². The number of hydrogen-bond donors (Lipinski definition) is 3. The molecule has 0 saturated heterocycles. The van der Waals surface area contributed by atoms with Crippen molar-refractivity contribution in [3.63, 3.8) is 0 Å². The normalized spacial score (nSPS) is 10.7. The molecule has 0 aromatic heterocycles. The molecule has 0 heterocycles. The molecule has 0 aliphatic heterocycles. The molecule has 29 heavy (non-hydrogen) atoms. The highest BCUT2D eigenvalue weighted by Crippen LogP contribution is 2.33. The number of rotatable bonds is 4. The standard InChI is InChI=1S/C19H20N4O5S/c1-12(24)20-15-10-9-14(29-13-7-5-4-6-8-13)11-16(15)21-17(22-18(25)27-2)23-19(26)28-3/h4-11H,1-3H3,(H,20,24)(H2,21,22,23,25,26). The van der Waals surface area contributed by atoms with Gasteiger partial charge in [-0.25, -0.2) is 9.59 Å². The van der Waals surface area contributed by atoms with Crippen LogP contribution >= 0.6 is 11.8 Å². The van der Waals surface area contributed by atoms with Crippen molar-refractivity contribution in [3.8, 4) is 0 Å². The maximum absolute atomic E-state index is 11.6. The van der Waals surface area contributed by atoms with Gasteiger partial charge in [0.2, 0.25) is 11.9 Å². The van der Waals surface area contributed by atoms with Gasteiger partial charge in [0.1, 0.15) is 0 Å². The number of hydrogen-bond acceptors (Lipinski definition) is 6. The van der Waals surface area contributed by atoms with Crippen molar-refractivity contribution in [2.75, 3.05) is 24.9 Å². The number of carbonyl (C=O) groups excluding carboxylic acids is 3. The Kier molecular flexibility index (Phi) is 8.04. The van der Waals surface area contributed by atoms with Crippen LogP contribution in [0.25, 0.3) is 0 Å². The van der Waals surface area contributed by atoms with Crippen LogP contribution in [-0.2, 0) is 14.3 Å². The lowest BCUT2D eigenvalue weighted by Crippen LogP contribution is -2.36. The van der Waals surface area contributed by atoms with E-state index in [1.807, 2.05) is 36.4 Å². The number of benzene rings is 2. The van der Waals surface area contributed by atoms with E-state index in [0.717, 1.165) is 16.9 Å². The van der Waals surface area contributed by atoms with Gasteiger partial charge in [-0.15, -0.1) is 4.99 Å². The number of nitrogens with one attached hydrogen (secondary N) is 3. The van der Waals surface area contributed by atoms with E-state index in [1.165, 1.54) is 25.8 Å². The minimum absolute atomic E-state index is 0.225. The zero-order chi connectivity index (χ0) is 21.2. The summed E-state index contributed by atoms with van der Waals surface area (Å²) in [4.78, 5) is 40.1. The summed E-state index contributed by atoms with van der Waals surface area (Å²) in [5.74, 6) is -0.513. The van der Waals surface area contributed by atoms with Gasteiger partial charge in [-0.05, 0) is 30.3 Å². The average molecular weight is 416 g/mol. The first-order chi connectivity index (χ1) is 13.9. The third-order valence-electron chi connectivity index (χ3n) is 3.32. The smallest absolute Gasteiger partial charge is 0.436 e. The summed E-state index contributed by atoms with van der Waals surface area (Å²) >= 11 is 1.50. The van der Waals surface area contributed by atoms with Gasteiger partial charge in [-0.2, -0.15) is 0 Å². The Morgan fingerprint density at radius 3 is 2.24 bits per heavy atom. The maximum Gasteiger partial charge on any atom is 0.436 e. The summed E-state index contributed by atoms with van der Waals surface area (Å²) in [7, 11) is 2.33. The van der Waals surface area contributed by atoms with E-state index < -0.39 is 12.2 Å². The monoisotopic (exact) mass is 416 g/mol. The summed E-state index contributed by atoms with van der Waals surface area (Å²) in [6, 6.07) is 15.0. The van der Waals surface area contributed by atoms with Crippen LogP contribution < -0.4 is 16.0 Å². The second-order valence-corrected chi connectivity index (χ2v) is 6.62. The zero-order valence-corrected chi connectivity index (χ0v) is 16.8. The lowest BCUT2D eigenvalue weighted by molar-refractivity contribution is -0.114. The third kappa shape index (κ3) is 7.18. The van der Waals surface area contributed by atoms with E-state index in [0.29, 0.717) is 11.4 Å². The minimum Gasteiger partial charge on any atom is -0.453 e. The molecule has 0 bridgehead atoms. The Morgan fingerprint density at radius 2 is 1.62 bits per heavy atom. The molecule has 10 heteroatoms. The van der Waals surface area contributed by atoms with Crippen LogP contribution in [0.1, 0.15) is 6.92 Å². The molecule has 0 fully saturated rings. The summed E-state index contributed by atoms with van der Waals surface area (Å²) in [6.45, 7) is 1.37. The zero-order valence-electron chi connectivity index (χ0n) is 16.0. The van der Waals surface area contributed by atoms with Crippen molar-refractivity contribution in [2.24, 2.45) is 4.99 Å². The molecule has 2 aromatic carbocycles. The largest absolute Gasteiger partial charge is 0.453 e. The fourth-order valence-corrected chi connectivity index (χ4v) is 2.99. The number of carbonyl (C=O) groups is 3. The number of amides is 3. The highest BCUT2D eigenvalue weighted by Gasteiger charge is 2.13. The number of ether oxygens (including phenoxy) is 2. The molecule has 9 nitrogen and oxygen atoms in total. The van der Waals surface area contributed by atoms with Gasteiger partial charge in [0.15, 0.2) is 0 Å².